The fourth-order valence-corrected chi connectivity index (χ4v) is 12.0. The average Bonchev–Trinajstić information content (AvgIpc) is 3.48. The maximum Gasteiger partial charge on any atom is 0.247 e. The molecule has 7 atom stereocenters. The SMILES string of the molecule is CCCCC(CC)COP(=S)(OCC(CC)CCCC)SC1CC2CC1C1C=CCC21. The Morgan fingerprint density at radius 2 is 1.55 bits per heavy atom. The van der Waals surface area contributed by atoms with Gasteiger partial charge in [0.2, 0.25) is 5.69 Å². The highest BCUT2D eigenvalue weighted by Gasteiger charge is 2.53. The van der Waals surface area contributed by atoms with E-state index in [1.807, 2.05) is 11.4 Å². The number of unbranched alkanes of at least 4 members (excludes halogenated alkanes) is 2. The van der Waals surface area contributed by atoms with Gasteiger partial charge in [0.15, 0.2) is 0 Å². The van der Waals surface area contributed by atoms with Crippen molar-refractivity contribution in [3.63, 3.8) is 0 Å². The van der Waals surface area contributed by atoms with Crippen LogP contribution in [0, 0.1) is 35.5 Å². The molecule has 0 N–H and O–H groups in total. The Bertz CT molecular complexity index is 586. The molecule has 0 aromatic rings. The summed E-state index contributed by atoms with van der Waals surface area (Å²) >= 11 is 8.21. The van der Waals surface area contributed by atoms with Crippen molar-refractivity contribution in [3.8, 4) is 0 Å². The monoisotopic (exact) mass is 486 g/mol. The third-order valence-corrected chi connectivity index (χ3v) is 13.9. The Labute approximate surface area is 202 Å². The fraction of sp³-hybridized carbons (Fsp3) is 0.923. The highest BCUT2D eigenvalue weighted by molar-refractivity contribution is 8.68. The molecule has 0 aromatic heterocycles. The minimum atomic E-state index is -2.31. The van der Waals surface area contributed by atoms with Gasteiger partial charge in [-0.1, -0.05) is 89.8 Å². The van der Waals surface area contributed by atoms with Gasteiger partial charge in [-0.2, -0.15) is 0 Å². The first-order valence-corrected chi connectivity index (χ1v) is 17.4. The fourth-order valence-electron chi connectivity index (χ4n) is 6.06. The second-order valence-corrected chi connectivity index (χ2v) is 16.8. The minimum absolute atomic E-state index is 0.621. The van der Waals surface area contributed by atoms with Gasteiger partial charge in [-0.3, -0.25) is 0 Å². The van der Waals surface area contributed by atoms with E-state index in [1.54, 1.807) is 0 Å². The lowest BCUT2D eigenvalue weighted by Gasteiger charge is -2.34. The summed E-state index contributed by atoms with van der Waals surface area (Å²) in [4.78, 5) is 0. The molecule has 5 heteroatoms. The van der Waals surface area contributed by atoms with Gasteiger partial charge in [-0.05, 0) is 79.4 Å². The van der Waals surface area contributed by atoms with E-state index >= 15 is 0 Å². The molecule has 2 fully saturated rings. The van der Waals surface area contributed by atoms with Crippen molar-refractivity contribution in [1.82, 2.24) is 0 Å². The normalized spacial score (nSPS) is 32.8. The van der Waals surface area contributed by atoms with Crippen LogP contribution in [0.4, 0.5) is 0 Å². The third kappa shape index (κ3) is 7.08. The highest BCUT2D eigenvalue weighted by atomic mass is 32.9. The number of allylic oxidation sites excluding steroid dienone is 2. The van der Waals surface area contributed by atoms with Crippen molar-refractivity contribution in [2.45, 2.75) is 104 Å². The minimum Gasteiger partial charge on any atom is -0.321 e. The van der Waals surface area contributed by atoms with Crippen molar-refractivity contribution < 1.29 is 9.05 Å². The van der Waals surface area contributed by atoms with E-state index in [0.717, 1.165) is 36.9 Å². The molecular formula is C26H47O2PS2. The highest BCUT2D eigenvalue weighted by Crippen LogP contribution is 2.70. The Hall–Kier alpha value is 0.660. The van der Waals surface area contributed by atoms with Crippen LogP contribution >= 0.6 is 17.1 Å². The van der Waals surface area contributed by atoms with Gasteiger partial charge >= 0.3 is 0 Å². The Morgan fingerprint density at radius 1 is 0.935 bits per heavy atom. The van der Waals surface area contributed by atoms with Gasteiger partial charge in [0.05, 0.1) is 13.2 Å². The summed E-state index contributed by atoms with van der Waals surface area (Å²) in [6, 6.07) is 0. The van der Waals surface area contributed by atoms with Gasteiger partial charge in [0.1, 0.15) is 0 Å². The molecule has 0 radical (unpaired) electrons. The zero-order chi connectivity index (χ0) is 22.3. The maximum atomic E-state index is 6.61. The third-order valence-electron chi connectivity index (χ3n) is 8.24. The van der Waals surface area contributed by atoms with Crippen molar-refractivity contribution >= 4 is 28.9 Å². The summed E-state index contributed by atoms with van der Waals surface area (Å²) in [6.45, 7) is 10.7. The van der Waals surface area contributed by atoms with E-state index in [2.05, 4.69) is 39.8 Å². The van der Waals surface area contributed by atoms with Crippen molar-refractivity contribution in [1.29, 1.82) is 0 Å². The average molecular weight is 487 g/mol. The first-order chi connectivity index (χ1) is 15.0. The van der Waals surface area contributed by atoms with Crippen LogP contribution in [0.15, 0.2) is 12.2 Å². The van der Waals surface area contributed by atoms with Crippen LogP contribution in [0.25, 0.3) is 0 Å². The number of fused-ring (bicyclic) bond motifs is 5. The second-order valence-electron chi connectivity index (χ2n) is 10.3. The molecule has 3 aliphatic rings. The molecule has 0 heterocycles. The van der Waals surface area contributed by atoms with Crippen LogP contribution < -0.4 is 0 Å². The number of hydrogen-bond donors (Lipinski definition) is 0. The summed E-state index contributed by atoms with van der Waals surface area (Å²) in [5, 5.41) is 0.645. The van der Waals surface area contributed by atoms with Gasteiger partial charge in [0, 0.05) is 5.25 Å². The van der Waals surface area contributed by atoms with E-state index in [-0.39, 0.29) is 0 Å². The Morgan fingerprint density at radius 3 is 2.10 bits per heavy atom. The zero-order valence-corrected chi connectivity index (χ0v) is 23.0. The van der Waals surface area contributed by atoms with E-state index in [0.29, 0.717) is 17.1 Å². The van der Waals surface area contributed by atoms with Crippen LogP contribution in [0.3, 0.4) is 0 Å². The first kappa shape index (κ1) is 26.3. The number of hydrogen-bond acceptors (Lipinski definition) is 4. The van der Waals surface area contributed by atoms with Crippen molar-refractivity contribution in [2.75, 3.05) is 13.2 Å². The molecule has 2 saturated carbocycles. The summed E-state index contributed by atoms with van der Waals surface area (Å²) in [5.41, 5.74) is -2.31. The standard InChI is InChI=1S/C26H47O2PS2/c1-5-9-12-20(7-3)18-27-29(30,28-19-21(8-4)13-10-6-2)31-26-17-22-16-25(26)24-15-11-14-23(22)24/h11,15,20-26H,5-10,12-14,16-19H2,1-4H3. The molecule has 0 spiro atoms. The van der Waals surface area contributed by atoms with Gasteiger partial charge in [0.25, 0.3) is 0 Å². The molecule has 2 nitrogen and oxygen atoms in total. The van der Waals surface area contributed by atoms with Gasteiger partial charge in [-0.15, -0.1) is 0 Å². The zero-order valence-electron chi connectivity index (χ0n) is 20.5. The quantitative estimate of drug-likeness (QED) is 0.160. The van der Waals surface area contributed by atoms with Crippen LogP contribution in [-0.2, 0) is 20.9 Å². The molecule has 0 aromatic carbocycles. The predicted molar refractivity (Wildman–Crippen MR) is 141 cm³/mol. The van der Waals surface area contributed by atoms with E-state index in [4.69, 9.17) is 20.9 Å². The molecule has 0 aliphatic heterocycles. The molecule has 7 unspecified atom stereocenters. The largest absolute Gasteiger partial charge is 0.321 e. The van der Waals surface area contributed by atoms with Crippen molar-refractivity contribution in [2.24, 2.45) is 35.5 Å². The lowest BCUT2D eigenvalue weighted by Crippen LogP contribution is -2.26. The Balaban J connectivity index is 1.62. The van der Waals surface area contributed by atoms with Crippen LogP contribution in [-0.4, -0.2) is 18.5 Å². The molecule has 31 heavy (non-hydrogen) atoms. The lowest BCUT2D eigenvalue weighted by atomic mass is 9.81. The summed E-state index contributed by atoms with van der Waals surface area (Å²) in [6.07, 6.45) is 19.0. The topological polar surface area (TPSA) is 18.5 Å². The molecule has 3 rings (SSSR count). The molecule has 0 saturated heterocycles. The van der Waals surface area contributed by atoms with E-state index in [9.17, 15) is 0 Å². The molecule has 3 aliphatic carbocycles. The van der Waals surface area contributed by atoms with Gasteiger partial charge < -0.3 is 9.05 Å². The molecule has 180 valence electrons. The lowest BCUT2D eigenvalue weighted by molar-refractivity contribution is 0.188. The summed E-state index contributed by atoms with van der Waals surface area (Å²) < 4.78 is 13.2. The van der Waals surface area contributed by atoms with Crippen LogP contribution in [0.1, 0.15) is 98.3 Å². The van der Waals surface area contributed by atoms with Crippen LogP contribution in [0.2, 0.25) is 0 Å². The summed E-state index contributed by atoms with van der Waals surface area (Å²) in [7, 11) is 0. The number of rotatable bonds is 16. The smallest absolute Gasteiger partial charge is 0.247 e. The summed E-state index contributed by atoms with van der Waals surface area (Å²) in [5.74, 6) is 4.69. The van der Waals surface area contributed by atoms with Gasteiger partial charge in [-0.25, -0.2) is 0 Å². The first-order valence-electron chi connectivity index (χ1n) is 13.3. The maximum absolute atomic E-state index is 6.61. The van der Waals surface area contributed by atoms with Crippen LogP contribution in [0.5, 0.6) is 0 Å². The van der Waals surface area contributed by atoms with E-state index < -0.39 is 5.69 Å². The Kier molecular flexibility index (Phi) is 11.0. The predicted octanol–water partition coefficient (Wildman–Crippen LogP) is 9.01. The molecule has 0 amide bonds. The molecular weight excluding hydrogens is 439 g/mol. The second kappa shape index (κ2) is 12.9. The van der Waals surface area contributed by atoms with Crippen molar-refractivity contribution in [3.05, 3.63) is 12.2 Å². The van der Waals surface area contributed by atoms with E-state index in [1.165, 1.54) is 70.6 Å². The molecule has 2 bridgehead atoms.